The van der Waals surface area contributed by atoms with Crippen LogP contribution in [0.5, 0.6) is 5.75 Å². The first-order valence-electron chi connectivity index (χ1n) is 5.82. The van der Waals surface area contributed by atoms with Crippen LogP contribution < -0.4 is 10.5 Å². The minimum Gasteiger partial charge on any atom is -0.406 e. The fourth-order valence-electron chi connectivity index (χ4n) is 1.85. The molecule has 2 nitrogen and oxygen atoms in total. The molecule has 21 heavy (non-hydrogen) atoms. The van der Waals surface area contributed by atoms with Crippen LogP contribution in [0.25, 0.3) is 0 Å². The predicted octanol–water partition coefficient (Wildman–Crippen LogP) is 4.94. The van der Waals surface area contributed by atoms with Crippen molar-refractivity contribution in [1.29, 1.82) is 0 Å². The van der Waals surface area contributed by atoms with Gasteiger partial charge in [-0.2, -0.15) is 0 Å². The molecule has 0 heterocycles. The number of hydrogen-bond acceptors (Lipinski definition) is 2. The van der Waals surface area contributed by atoms with E-state index in [-0.39, 0.29) is 5.75 Å². The highest BCUT2D eigenvalue weighted by molar-refractivity contribution is 6.34. The molecule has 2 aromatic rings. The Morgan fingerprint density at radius 3 is 2.14 bits per heavy atom. The lowest BCUT2D eigenvalue weighted by atomic mass is 9.99. The molecule has 0 amide bonds. The van der Waals surface area contributed by atoms with Gasteiger partial charge in [0.25, 0.3) is 0 Å². The molecule has 0 fully saturated rings. The Bertz CT molecular complexity index is 626. The van der Waals surface area contributed by atoms with Crippen LogP contribution >= 0.6 is 23.2 Å². The van der Waals surface area contributed by atoms with Gasteiger partial charge in [-0.05, 0) is 41.5 Å². The van der Waals surface area contributed by atoms with Crippen LogP contribution in [0.4, 0.5) is 13.2 Å². The summed E-state index contributed by atoms with van der Waals surface area (Å²) in [5.41, 5.74) is 7.08. The highest BCUT2D eigenvalue weighted by atomic mass is 35.5. The number of alkyl halides is 3. The summed E-state index contributed by atoms with van der Waals surface area (Å²) in [5, 5.41) is 0.797. The molecule has 112 valence electrons. The fraction of sp³-hybridized carbons (Fsp3) is 0.143. The Morgan fingerprint density at radius 2 is 1.57 bits per heavy atom. The molecule has 0 bridgehead atoms. The lowest BCUT2D eigenvalue weighted by Crippen LogP contribution is -2.18. The van der Waals surface area contributed by atoms with E-state index >= 15 is 0 Å². The third-order valence-corrected chi connectivity index (χ3v) is 3.13. The SMILES string of the molecule is NC(c1cc(Cl)cc(Cl)c1)c1cccc(OC(F)(F)F)c1. The molecule has 7 heteroatoms. The van der Waals surface area contributed by atoms with Crippen LogP contribution in [-0.2, 0) is 0 Å². The van der Waals surface area contributed by atoms with E-state index in [0.29, 0.717) is 21.2 Å². The zero-order valence-corrected chi connectivity index (χ0v) is 12.0. The van der Waals surface area contributed by atoms with Crippen molar-refractivity contribution in [1.82, 2.24) is 0 Å². The molecular formula is C14H10Cl2F3NO. The number of hydrogen-bond donors (Lipinski definition) is 1. The minimum absolute atomic E-state index is 0.330. The summed E-state index contributed by atoms with van der Waals surface area (Å²) in [5.74, 6) is -0.330. The molecule has 0 radical (unpaired) electrons. The Morgan fingerprint density at radius 1 is 0.952 bits per heavy atom. The van der Waals surface area contributed by atoms with Crippen molar-refractivity contribution < 1.29 is 17.9 Å². The van der Waals surface area contributed by atoms with Crippen LogP contribution in [0.3, 0.4) is 0 Å². The number of benzene rings is 2. The number of nitrogens with two attached hydrogens (primary N) is 1. The molecule has 0 aliphatic rings. The predicted molar refractivity (Wildman–Crippen MR) is 75.6 cm³/mol. The van der Waals surface area contributed by atoms with Crippen LogP contribution in [0.1, 0.15) is 17.2 Å². The van der Waals surface area contributed by atoms with E-state index in [4.69, 9.17) is 28.9 Å². The summed E-state index contributed by atoms with van der Waals surface area (Å²) in [6.07, 6.45) is -4.75. The zero-order valence-electron chi connectivity index (χ0n) is 10.5. The van der Waals surface area contributed by atoms with E-state index in [2.05, 4.69) is 4.74 Å². The molecule has 0 aliphatic heterocycles. The van der Waals surface area contributed by atoms with Crippen molar-refractivity contribution in [2.75, 3.05) is 0 Å². The second-order valence-electron chi connectivity index (χ2n) is 4.30. The molecule has 2 N–H and O–H groups in total. The summed E-state index contributed by atoms with van der Waals surface area (Å²) in [7, 11) is 0. The van der Waals surface area contributed by atoms with Gasteiger partial charge in [0.1, 0.15) is 5.75 Å². The summed E-state index contributed by atoms with van der Waals surface area (Å²) in [6.45, 7) is 0. The van der Waals surface area contributed by atoms with Crippen molar-refractivity contribution in [2.24, 2.45) is 5.73 Å². The van der Waals surface area contributed by atoms with Gasteiger partial charge in [0.05, 0.1) is 6.04 Å². The smallest absolute Gasteiger partial charge is 0.406 e. The number of halogens is 5. The lowest BCUT2D eigenvalue weighted by molar-refractivity contribution is -0.274. The van der Waals surface area contributed by atoms with Gasteiger partial charge in [-0.15, -0.1) is 13.2 Å². The van der Waals surface area contributed by atoms with Gasteiger partial charge in [0, 0.05) is 10.0 Å². The van der Waals surface area contributed by atoms with Crippen LogP contribution in [0.2, 0.25) is 10.0 Å². The Labute approximate surface area is 129 Å². The summed E-state index contributed by atoms with van der Waals surface area (Å²) in [6, 6.07) is 9.55. The minimum atomic E-state index is -4.75. The van der Waals surface area contributed by atoms with Gasteiger partial charge in [-0.25, -0.2) is 0 Å². The van der Waals surface area contributed by atoms with Crippen molar-refractivity contribution in [3.8, 4) is 5.75 Å². The zero-order chi connectivity index (χ0) is 15.6. The normalized spacial score (nSPS) is 13.0. The molecular weight excluding hydrogens is 326 g/mol. The van der Waals surface area contributed by atoms with Crippen molar-refractivity contribution in [3.63, 3.8) is 0 Å². The molecule has 1 unspecified atom stereocenters. The van der Waals surface area contributed by atoms with E-state index in [1.54, 1.807) is 24.3 Å². The second-order valence-corrected chi connectivity index (χ2v) is 5.17. The lowest BCUT2D eigenvalue weighted by Gasteiger charge is -2.15. The van der Waals surface area contributed by atoms with E-state index in [0.717, 1.165) is 0 Å². The molecule has 0 aromatic heterocycles. The third kappa shape index (κ3) is 4.52. The quantitative estimate of drug-likeness (QED) is 0.862. The third-order valence-electron chi connectivity index (χ3n) is 2.69. The van der Waals surface area contributed by atoms with Gasteiger partial charge in [-0.1, -0.05) is 35.3 Å². The average molecular weight is 336 g/mol. The highest BCUT2D eigenvalue weighted by Crippen LogP contribution is 2.29. The van der Waals surface area contributed by atoms with Gasteiger partial charge < -0.3 is 10.5 Å². The topological polar surface area (TPSA) is 35.2 Å². The highest BCUT2D eigenvalue weighted by Gasteiger charge is 2.31. The van der Waals surface area contributed by atoms with Crippen molar-refractivity contribution >= 4 is 23.2 Å². The first-order chi connectivity index (χ1) is 9.74. The molecule has 0 saturated carbocycles. The molecule has 0 spiro atoms. The van der Waals surface area contributed by atoms with Crippen LogP contribution in [-0.4, -0.2) is 6.36 Å². The number of ether oxygens (including phenoxy) is 1. The van der Waals surface area contributed by atoms with Gasteiger partial charge >= 0.3 is 6.36 Å². The maximum atomic E-state index is 12.2. The summed E-state index contributed by atoms with van der Waals surface area (Å²) < 4.78 is 40.5. The fourth-order valence-corrected chi connectivity index (χ4v) is 2.40. The molecule has 2 aromatic carbocycles. The van der Waals surface area contributed by atoms with Crippen molar-refractivity contribution in [3.05, 3.63) is 63.6 Å². The maximum Gasteiger partial charge on any atom is 0.573 e. The summed E-state index contributed by atoms with van der Waals surface area (Å²) >= 11 is 11.8. The standard InChI is InChI=1S/C14H10Cl2F3NO/c15-10-4-9(5-11(16)7-10)13(20)8-2-1-3-12(6-8)21-14(17,18)19/h1-7,13H,20H2. The molecule has 1 atom stereocenters. The van der Waals surface area contributed by atoms with E-state index in [1.807, 2.05) is 0 Å². The Hall–Kier alpha value is -1.43. The maximum absolute atomic E-state index is 12.2. The average Bonchev–Trinajstić information content (AvgIpc) is 2.35. The molecule has 2 rings (SSSR count). The number of rotatable bonds is 3. The van der Waals surface area contributed by atoms with Gasteiger partial charge in [-0.3, -0.25) is 0 Å². The molecule has 0 saturated heterocycles. The monoisotopic (exact) mass is 335 g/mol. The second kappa shape index (κ2) is 6.13. The first-order valence-corrected chi connectivity index (χ1v) is 6.57. The Balaban J connectivity index is 2.30. The molecule has 0 aliphatic carbocycles. The first kappa shape index (κ1) is 15.9. The Kier molecular flexibility index (Phi) is 4.66. The summed E-state index contributed by atoms with van der Waals surface area (Å²) in [4.78, 5) is 0. The van der Waals surface area contributed by atoms with E-state index < -0.39 is 12.4 Å². The van der Waals surface area contributed by atoms with Gasteiger partial charge in [0.2, 0.25) is 0 Å². The largest absolute Gasteiger partial charge is 0.573 e. The van der Waals surface area contributed by atoms with E-state index in [1.165, 1.54) is 18.2 Å². The van der Waals surface area contributed by atoms with Gasteiger partial charge in [0.15, 0.2) is 0 Å². The van der Waals surface area contributed by atoms with Crippen molar-refractivity contribution in [2.45, 2.75) is 12.4 Å². The van der Waals surface area contributed by atoms with E-state index in [9.17, 15) is 13.2 Å². The van der Waals surface area contributed by atoms with Crippen LogP contribution in [0.15, 0.2) is 42.5 Å². The van der Waals surface area contributed by atoms with Crippen LogP contribution in [0, 0.1) is 0 Å².